The third-order valence-corrected chi connectivity index (χ3v) is 2.60. The second kappa shape index (κ2) is 6.50. The summed E-state index contributed by atoms with van der Waals surface area (Å²) >= 11 is 3.36. The van der Waals surface area contributed by atoms with Crippen molar-refractivity contribution in [3.63, 3.8) is 0 Å². The summed E-state index contributed by atoms with van der Waals surface area (Å²) in [5.74, 6) is 0.695. The van der Waals surface area contributed by atoms with E-state index in [1.54, 1.807) is 7.05 Å². The van der Waals surface area contributed by atoms with Gasteiger partial charge in [0.25, 0.3) is 0 Å². The van der Waals surface area contributed by atoms with Crippen LogP contribution in [0.5, 0.6) is 5.75 Å². The van der Waals surface area contributed by atoms with Gasteiger partial charge in [0, 0.05) is 23.6 Å². The summed E-state index contributed by atoms with van der Waals surface area (Å²) in [4.78, 5) is 11.0. The van der Waals surface area contributed by atoms with Crippen LogP contribution >= 0.6 is 15.9 Å². The summed E-state index contributed by atoms with van der Waals surface area (Å²) in [6.45, 7) is 0.767. The highest BCUT2D eigenvalue weighted by Gasteiger charge is 2.04. The van der Waals surface area contributed by atoms with Crippen LogP contribution in [-0.4, -0.2) is 19.6 Å². The van der Waals surface area contributed by atoms with E-state index in [1.807, 2.05) is 18.2 Å². The third-order valence-electron chi connectivity index (χ3n) is 2.11. The fourth-order valence-corrected chi connectivity index (χ4v) is 1.64. The highest BCUT2D eigenvalue weighted by atomic mass is 79.9. The molecule has 4 nitrogen and oxygen atoms in total. The van der Waals surface area contributed by atoms with E-state index >= 15 is 0 Å². The first-order chi connectivity index (χ1) is 7.67. The van der Waals surface area contributed by atoms with E-state index in [9.17, 15) is 4.79 Å². The highest BCUT2D eigenvalue weighted by molar-refractivity contribution is 9.10. The predicted octanol–water partition coefficient (Wildman–Crippen LogP) is 1.42. The van der Waals surface area contributed by atoms with Crippen LogP contribution in [-0.2, 0) is 11.3 Å². The molecule has 0 aliphatic carbocycles. The van der Waals surface area contributed by atoms with Gasteiger partial charge in [-0.2, -0.15) is 0 Å². The van der Waals surface area contributed by atoms with Crippen molar-refractivity contribution in [3.05, 3.63) is 28.2 Å². The van der Waals surface area contributed by atoms with Crippen LogP contribution in [0.2, 0.25) is 0 Å². The monoisotopic (exact) mass is 286 g/mol. The number of ether oxygens (including phenoxy) is 1. The fourth-order valence-electron chi connectivity index (χ4n) is 1.23. The Morgan fingerprint density at radius 2 is 2.31 bits per heavy atom. The Kier molecular flexibility index (Phi) is 5.28. The maximum Gasteiger partial charge on any atom is 0.223 e. The number of benzene rings is 1. The molecular weight excluding hydrogens is 272 g/mol. The summed E-state index contributed by atoms with van der Waals surface area (Å²) in [6.07, 6.45) is 0.344. The van der Waals surface area contributed by atoms with Crippen molar-refractivity contribution in [1.82, 2.24) is 5.32 Å². The van der Waals surface area contributed by atoms with Crippen molar-refractivity contribution in [1.29, 1.82) is 0 Å². The van der Waals surface area contributed by atoms with Gasteiger partial charge in [-0.05, 0) is 18.2 Å². The Balaban J connectivity index is 2.56. The second-order valence-electron chi connectivity index (χ2n) is 3.23. The molecule has 5 heteroatoms. The van der Waals surface area contributed by atoms with Crippen molar-refractivity contribution in [2.24, 2.45) is 5.73 Å². The van der Waals surface area contributed by atoms with Crippen LogP contribution in [0.4, 0.5) is 0 Å². The smallest absolute Gasteiger partial charge is 0.223 e. The molecular formula is C11H15BrN2O2. The molecule has 0 heterocycles. The summed E-state index contributed by atoms with van der Waals surface area (Å²) < 4.78 is 6.46. The zero-order chi connectivity index (χ0) is 12.0. The van der Waals surface area contributed by atoms with Crippen LogP contribution in [0, 0.1) is 0 Å². The molecule has 1 aromatic rings. The van der Waals surface area contributed by atoms with Crippen LogP contribution in [0.1, 0.15) is 12.0 Å². The van der Waals surface area contributed by atoms with Gasteiger partial charge >= 0.3 is 0 Å². The Morgan fingerprint density at radius 3 is 2.94 bits per heavy atom. The molecule has 0 saturated heterocycles. The predicted molar refractivity (Wildman–Crippen MR) is 66.2 cm³/mol. The minimum Gasteiger partial charge on any atom is -0.493 e. The topological polar surface area (TPSA) is 64.3 Å². The van der Waals surface area contributed by atoms with Gasteiger partial charge in [-0.3, -0.25) is 4.79 Å². The Morgan fingerprint density at radius 1 is 1.56 bits per heavy atom. The molecule has 0 radical (unpaired) electrons. The molecule has 0 spiro atoms. The zero-order valence-electron chi connectivity index (χ0n) is 9.13. The lowest BCUT2D eigenvalue weighted by molar-refractivity contribution is -0.121. The lowest BCUT2D eigenvalue weighted by atomic mass is 10.2. The van der Waals surface area contributed by atoms with Crippen molar-refractivity contribution >= 4 is 21.8 Å². The SMILES string of the molecule is CNC(=O)CCOc1ccc(Br)cc1CN. The van der Waals surface area contributed by atoms with Gasteiger partial charge < -0.3 is 15.8 Å². The minimum atomic E-state index is -0.0357. The molecule has 0 fully saturated rings. The Bertz CT molecular complexity index is 369. The molecule has 0 bridgehead atoms. The number of hydrogen-bond donors (Lipinski definition) is 2. The van der Waals surface area contributed by atoms with E-state index in [-0.39, 0.29) is 5.91 Å². The number of hydrogen-bond acceptors (Lipinski definition) is 3. The average Bonchev–Trinajstić information content (AvgIpc) is 2.30. The number of nitrogens with one attached hydrogen (secondary N) is 1. The van der Waals surface area contributed by atoms with E-state index in [4.69, 9.17) is 10.5 Å². The molecule has 0 unspecified atom stereocenters. The summed E-state index contributed by atoms with van der Waals surface area (Å²) in [7, 11) is 1.60. The van der Waals surface area contributed by atoms with Crippen LogP contribution in [0.15, 0.2) is 22.7 Å². The largest absolute Gasteiger partial charge is 0.493 e. The maximum absolute atomic E-state index is 11.0. The number of amides is 1. The summed E-state index contributed by atoms with van der Waals surface area (Å²) in [6, 6.07) is 5.64. The first kappa shape index (κ1) is 13.0. The second-order valence-corrected chi connectivity index (χ2v) is 4.14. The molecule has 1 aromatic carbocycles. The summed E-state index contributed by atoms with van der Waals surface area (Å²) in [5.41, 5.74) is 6.52. The third kappa shape index (κ3) is 3.83. The fraction of sp³-hybridized carbons (Fsp3) is 0.364. The first-order valence-electron chi connectivity index (χ1n) is 4.99. The zero-order valence-corrected chi connectivity index (χ0v) is 10.7. The molecule has 88 valence electrons. The van der Waals surface area contributed by atoms with Gasteiger partial charge in [0.05, 0.1) is 13.0 Å². The van der Waals surface area contributed by atoms with E-state index in [0.29, 0.717) is 19.6 Å². The molecule has 16 heavy (non-hydrogen) atoms. The molecule has 0 aliphatic rings. The molecule has 0 saturated carbocycles. The number of carbonyl (C=O) groups excluding carboxylic acids is 1. The van der Waals surface area contributed by atoms with E-state index in [1.165, 1.54) is 0 Å². The van der Waals surface area contributed by atoms with E-state index in [0.717, 1.165) is 15.8 Å². The van der Waals surface area contributed by atoms with Gasteiger partial charge in [0.2, 0.25) is 5.91 Å². The molecule has 1 rings (SSSR count). The average molecular weight is 287 g/mol. The molecule has 3 N–H and O–H groups in total. The van der Waals surface area contributed by atoms with Crippen LogP contribution < -0.4 is 15.8 Å². The summed E-state index contributed by atoms with van der Waals surface area (Å²) in [5, 5.41) is 2.54. The number of nitrogens with two attached hydrogens (primary N) is 1. The lowest BCUT2D eigenvalue weighted by Crippen LogP contribution is -2.20. The van der Waals surface area contributed by atoms with Gasteiger partial charge in [-0.1, -0.05) is 15.9 Å². The Hall–Kier alpha value is -1.07. The number of carbonyl (C=O) groups is 1. The number of rotatable bonds is 5. The molecule has 0 atom stereocenters. The molecule has 1 amide bonds. The lowest BCUT2D eigenvalue weighted by Gasteiger charge is -2.10. The Labute approximate surface area is 103 Å². The normalized spacial score (nSPS) is 9.94. The number of halogens is 1. The first-order valence-corrected chi connectivity index (χ1v) is 5.78. The van der Waals surface area contributed by atoms with Crippen LogP contribution in [0.25, 0.3) is 0 Å². The quantitative estimate of drug-likeness (QED) is 0.861. The van der Waals surface area contributed by atoms with Gasteiger partial charge in [-0.15, -0.1) is 0 Å². The van der Waals surface area contributed by atoms with Gasteiger partial charge in [-0.25, -0.2) is 0 Å². The van der Waals surface area contributed by atoms with Gasteiger partial charge in [0.1, 0.15) is 5.75 Å². The van der Waals surface area contributed by atoms with Crippen molar-refractivity contribution in [3.8, 4) is 5.75 Å². The molecule has 0 aromatic heterocycles. The van der Waals surface area contributed by atoms with Crippen molar-refractivity contribution in [2.75, 3.05) is 13.7 Å². The van der Waals surface area contributed by atoms with E-state index in [2.05, 4.69) is 21.2 Å². The van der Waals surface area contributed by atoms with Crippen LogP contribution in [0.3, 0.4) is 0 Å². The van der Waals surface area contributed by atoms with Gasteiger partial charge in [0.15, 0.2) is 0 Å². The molecule has 0 aliphatic heterocycles. The highest BCUT2D eigenvalue weighted by Crippen LogP contribution is 2.22. The maximum atomic E-state index is 11.0. The van der Waals surface area contributed by atoms with Crippen molar-refractivity contribution in [2.45, 2.75) is 13.0 Å². The standard InChI is InChI=1S/C11H15BrN2O2/c1-14-11(15)4-5-16-10-3-2-9(12)6-8(10)7-13/h2-3,6H,4-5,7,13H2,1H3,(H,14,15). The van der Waals surface area contributed by atoms with Crippen molar-refractivity contribution < 1.29 is 9.53 Å². The van der Waals surface area contributed by atoms with E-state index < -0.39 is 0 Å². The minimum absolute atomic E-state index is 0.0357.